The van der Waals surface area contributed by atoms with E-state index >= 15 is 0 Å². The summed E-state index contributed by atoms with van der Waals surface area (Å²) in [6.45, 7) is 9.67. The molecule has 0 saturated carbocycles. The molecule has 2 amide bonds. The first-order valence-corrected chi connectivity index (χ1v) is 10.8. The summed E-state index contributed by atoms with van der Waals surface area (Å²) in [5.74, 6) is 0.434. The van der Waals surface area contributed by atoms with Crippen LogP contribution in [-0.4, -0.2) is 50.1 Å². The number of nitrogen functional groups attached to an aromatic ring is 1. The number of piperidine rings is 1. The van der Waals surface area contributed by atoms with E-state index in [1.54, 1.807) is 24.8 Å². The molecule has 2 aromatic rings. The summed E-state index contributed by atoms with van der Waals surface area (Å²) in [4.78, 5) is 48.6. The van der Waals surface area contributed by atoms with Crippen molar-refractivity contribution in [2.45, 2.75) is 58.7 Å². The second kappa shape index (κ2) is 7.75. The quantitative estimate of drug-likeness (QED) is 0.624. The predicted octanol–water partition coefficient (Wildman–Crippen LogP) is 2.01. The van der Waals surface area contributed by atoms with Gasteiger partial charge >= 0.3 is 6.09 Å². The van der Waals surface area contributed by atoms with Crippen molar-refractivity contribution in [3.8, 4) is 0 Å². The Kier molecular flexibility index (Phi) is 5.30. The number of nitrogens with zero attached hydrogens (tertiary/aromatic N) is 4. The predicted molar refractivity (Wildman–Crippen MR) is 122 cm³/mol. The average molecular weight is 456 g/mol. The van der Waals surface area contributed by atoms with Gasteiger partial charge in [-0.15, -0.1) is 0 Å². The Labute approximate surface area is 191 Å². The zero-order valence-electron chi connectivity index (χ0n) is 19.5. The Hall–Kier alpha value is -3.63. The summed E-state index contributed by atoms with van der Waals surface area (Å²) in [5, 5.41) is 6.06. The van der Waals surface area contributed by atoms with Crippen molar-refractivity contribution in [1.82, 2.24) is 24.8 Å². The second-order valence-corrected chi connectivity index (χ2v) is 9.54. The molecular weight excluding hydrogens is 426 g/mol. The van der Waals surface area contributed by atoms with Gasteiger partial charge in [0.2, 0.25) is 0 Å². The molecule has 0 bridgehead atoms. The highest BCUT2D eigenvalue weighted by Crippen LogP contribution is 2.35. The van der Waals surface area contributed by atoms with E-state index in [1.165, 1.54) is 10.9 Å². The number of hydrogen-bond acceptors (Lipinski definition) is 8. The lowest BCUT2D eigenvalue weighted by Crippen LogP contribution is -2.56. The number of aryl methyl sites for hydroxylation is 1. The normalized spacial score (nSPS) is 17.0. The maximum Gasteiger partial charge on any atom is 0.410 e. The lowest BCUT2D eigenvalue weighted by atomic mass is 9.97. The topological polar surface area (TPSA) is 144 Å². The minimum atomic E-state index is -0.912. The highest BCUT2D eigenvalue weighted by atomic mass is 16.6. The molecule has 2 aromatic heterocycles. The minimum absolute atomic E-state index is 0.280. The number of aromatic nitrogens is 3. The summed E-state index contributed by atoms with van der Waals surface area (Å²) in [6, 6.07) is 1.64. The monoisotopic (exact) mass is 455 g/mol. The highest BCUT2D eigenvalue weighted by molar-refractivity contribution is 5.97. The van der Waals surface area contributed by atoms with Gasteiger partial charge in [0.1, 0.15) is 40.6 Å². The van der Waals surface area contributed by atoms with E-state index in [0.717, 1.165) is 0 Å². The first-order chi connectivity index (χ1) is 15.4. The van der Waals surface area contributed by atoms with Crippen LogP contribution in [0.5, 0.6) is 0 Å². The number of hydrogen-bond donors (Lipinski definition) is 3. The van der Waals surface area contributed by atoms with Crippen LogP contribution >= 0.6 is 0 Å². The third kappa shape index (κ3) is 3.98. The van der Waals surface area contributed by atoms with E-state index < -0.39 is 17.4 Å². The largest absolute Gasteiger partial charge is 0.444 e. The molecular formula is C22H29N7O4. The standard InChI is InChI=1S/C22H29N7O4/c1-12-10-14(26-17-13(2)16(23)24-11-25-17)19(31)29-15(12)18(30)27-22(29)6-8-28(9-7-22)20(32)33-21(3,4)5/h10-11H,6-9H2,1-5H3,(H,27,30)(H3,23,24,25,26). The van der Waals surface area contributed by atoms with Gasteiger partial charge < -0.3 is 26.0 Å². The Morgan fingerprint density at radius 3 is 2.52 bits per heavy atom. The van der Waals surface area contributed by atoms with Crippen molar-refractivity contribution in [3.63, 3.8) is 0 Å². The smallest absolute Gasteiger partial charge is 0.410 e. The van der Waals surface area contributed by atoms with Gasteiger partial charge in [-0.2, -0.15) is 0 Å². The molecule has 0 unspecified atom stereocenters. The van der Waals surface area contributed by atoms with Gasteiger partial charge in [0.05, 0.1) is 0 Å². The number of rotatable bonds is 2. The van der Waals surface area contributed by atoms with Crippen molar-refractivity contribution in [1.29, 1.82) is 0 Å². The average Bonchev–Trinajstić information content (AvgIpc) is 3.00. The van der Waals surface area contributed by atoms with Crippen LogP contribution in [0.3, 0.4) is 0 Å². The van der Waals surface area contributed by atoms with Gasteiger partial charge in [-0.05, 0) is 46.2 Å². The Bertz CT molecular complexity index is 1190. The number of nitrogens with one attached hydrogen (secondary N) is 2. The van der Waals surface area contributed by atoms with Crippen molar-refractivity contribution < 1.29 is 14.3 Å². The molecule has 4 heterocycles. The molecule has 11 nitrogen and oxygen atoms in total. The van der Waals surface area contributed by atoms with Crippen LogP contribution in [0.25, 0.3) is 0 Å². The molecule has 0 atom stereocenters. The van der Waals surface area contributed by atoms with Crippen LogP contribution in [0.2, 0.25) is 0 Å². The maximum atomic E-state index is 13.6. The number of likely N-dealkylation sites (tertiary alicyclic amines) is 1. The fraction of sp³-hybridized carbons (Fsp3) is 0.500. The second-order valence-electron chi connectivity index (χ2n) is 9.54. The fourth-order valence-corrected chi connectivity index (χ4v) is 4.30. The molecule has 0 aliphatic carbocycles. The van der Waals surface area contributed by atoms with Crippen molar-refractivity contribution in [2.24, 2.45) is 0 Å². The number of carbonyl (C=O) groups is 2. The summed E-state index contributed by atoms with van der Waals surface area (Å²) in [7, 11) is 0. The lowest BCUT2D eigenvalue weighted by Gasteiger charge is -2.40. The molecule has 4 N–H and O–H groups in total. The zero-order chi connectivity index (χ0) is 24.1. The van der Waals surface area contributed by atoms with Crippen LogP contribution in [-0.2, 0) is 10.4 Å². The number of fused-ring (bicyclic) bond motifs is 2. The Balaban J connectivity index is 1.67. The number of nitrogens with two attached hydrogens (primary N) is 1. The molecule has 1 fully saturated rings. The first-order valence-electron chi connectivity index (χ1n) is 10.8. The number of amides is 2. The molecule has 11 heteroatoms. The van der Waals surface area contributed by atoms with E-state index in [0.29, 0.717) is 54.4 Å². The van der Waals surface area contributed by atoms with Crippen LogP contribution in [0.4, 0.5) is 22.1 Å². The lowest BCUT2D eigenvalue weighted by molar-refractivity contribution is 0.00953. The van der Waals surface area contributed by atoms with Gasteiger partial charge in [-0.25, -0.2) is 14.8 Å². The Morgan fingerprint density at radius 1 is 1.21 bits per heavy atom. The van der Waals surface area contributed by atoms with Crippen molar-refractivity contribution in [2.75, 3.05) is 24.1 Å². The van der Waals surface area contributed by atoms with E-state index in [2.05, 4.69) is 20.6 Å². The summed E-state index contributed by atoms with van der Waals surface area (Å²) >= 11 is 0. The number of anilines is 3. The summed E-state index contributed by atoms with van der Waals surface area (Å²) in [5.41, 5.74) is 5.89. The van der Waals surface area contributed by atoms with Gasteiger partial charge in [0.25, 0.3) is 11.5 Å². The number of ether oxygens (including phenoxy) is 1. The Morgan fingerprint density at radius 2 is 1.88 bits per heavy atom. The number of pyridine rings is 1. The van der Waals surface area contributed by atoms with Crippen LogP contribution < -0.4 is 21.9 Å². The van der Waals surface area contributed by atoms with Crippen molar-refractivity contribution in [3.05, 3.63) is 39.6 Å². The summed E-state index contributed by atoms with van der Waals surface area (Å²) in [6.07, 6.45) is 1.68. The van der Waals surface area contributed by atoms with Crippen molar-refractivity contribution >= 4 is 29.3 Å². The molecule has 4 rings (SSSR count). The van der Waals surface area contributed by atoms with Crippen LogP contribution in [0.15, 0.2) is 17.2 Å². The molecule has 33 heavy (non-hydrogen) atoms. The zero-order valence-corrected chi connectivity index (χ0v) is 19.5. The third-order valence-corrected chi connectivity index (χ3v) is 6.00. The molecule has 176 valence electrons. The molecule has 0 aromatic carbocycles. The molecule has 1 saturated heterocycles. The van der Waals surface area contributed by atoms with Gasteiger partial charge in [-0.1, -0.05) is 0 Å². The molecule has 2 aliphatic heterocycles. The van der Waals surface area contributed by atoms with Crippen LogP contribution in [0.1, 0.15) is 55.2 Å². The third-order valence-electron chi connectivity index (χ3n) is 6.00. The van der Waals surface area contributed by atoms with Gasteiger partial charge in [0, 0.05) is 31.5 Å². The van der Waals surface area contributed by atoms with E-state index in [4.69, 9.17) is 10.5 Å². The minimum Gasteiger partial charge on any atom is -0.444 e. The molecule has 2 aliphatic rings. The number of carbonyl (C=O) groups excluding carboxylic acids is 2. The van der Waals surface area contributed by atoms with E-state index in [9.17, 15) is 14.4 Å². The van der Waals surface area contributed by atoms with E-state index in [1.807, 2.05) is 20.8 Å². The molecule has 0 radical (unpaired) electrons. The SMILES string of the molecule is Cc1cc(Nc2ncnc(N)c2C)c(=O)n2c1C(=O)NC21CCN(C(=O)OC(C)(C)C)CC1. The first kappa shape index (κ1) is 22.6. The maximum absolute atomic E-state index is 13.6. The molecule has 1 spiro atoms. The van der Waals surface area contributed by atoms with Gasteiger partial charge in [0.15, 0.2) is 0 Å². The fourth-order valence-electron chi connectivity index (χ4n) is 4.30. The van der Waals surface area contributed by atoms with E-state index in [-0.39, 0.29) is 17.2 Å². The summed E-state index contributed by atoms with van der Waals surface area (Å²) < 4.78 is 6.99. The highest BCUT2D eigenvalue weighted by Gasteiger charge is 2.47. The van der Waals surface area contributed by atoms with Crippen LogP contribution in [0, 0.1) is 13.8 Å². The van der Waals surface area contributed by atoms with Gasteiger partial charge in [-0.3, -0.25) is 14.2 Å².